The number of carbonyl (C=O) groups is 1. The van der Waals surface area contributed by atoms with Gasteiger partial charge in [-0.15, -0.1) is 0 Å². The van der Waals surface area contributed by atoms with Crippen molar-refractivity contribution >= 4 is 5.91 Å². The first-order valence-corrected chi connectivity index (χ1v) is 5.99. The lowest BCUT2D eigenvalue weighted by Crippen LogP contribution is -2.30. The topological polar surface area (TPSA) is 55.1 Å². The fourth-order valence-corrected chi connectivity index (χ4v) is 1.69. The minimum atomic E-state index is -4.41. The van der Waals surface area contributed by atoms with Gasteiger partial charge in [-0.3, -0.25) is 4.79 Å². The third-order valence-corrected chi connectivity index (χ3v) is 2.82. The lowest BCUT2D eigenvalue weighted by atomic mass is 10.1. The molecular formula is C13H17F3N2O. The van der Waals surface area contributed by atoms with Gasteiger partial charge in [0.1, 0.15) is 0 Å². The summed E-state index contributed by atoms with van der Waals surface area (Å²) in [5, 5.41) is 2.50. The monoisotopic (exact) mass is 274 g/mol. The van der Waals surface area contributed by atoms with Crippen molar-refractivity contribution < 1.29 is 18.0 Å². The number of amides is 1. The van der Waals surface area contributed by atoms with Gasteiger partial charge in [-0.25, -0.2) is 0 Å². The van der Waals surface area contributed by atoms with Crippen LogP contribution in [0.3, 0.4) is 0 Å². The van der Waals surface area contributed by atoms with E-state index >= 15 is 0 Å². The van der Waals surface area contributed by atoms with E-state index in [2.05, 4.69) is 5.32 Å². The predicted molar refractivity (Wildman–Crippen MR) is 66.1 cm³/mol. The molecule has 0 aliphatic carbocycles. The third kappa shape index (κ3) is 4.55. The first-order valence-electron chi connectivity index (χ1n) is 5.99. The molecule has 0 heterocycles. The maximum atomic E-state index is 12.7. The van der Waals surface area contributed by atoms with Crippen molar-refractivity contribution in [2.45, 2.75) is 26.1 Å². The summed E-state index contributed by atoms with van der Waals surface area (Å²) in [4.78, 5) is 11.6. The van der Waals surface area contributed by atoms with Crippen molar-refractivity contribution in [2.75, 3.05) is 6.54 Å². The molecule has 1 atom stereocenters. The van der Waals surface area contributed by atoms with Crippen LogP contribution in [0.1, 0.15) is 24.5 Å². The Morgan fingerprint density at radius 3 is 2.58 bits per heavy atom. The molecule has 3 N–H and O–H groups in total. The molecule has 0 fully saturated rings. The van der Waals surface area contributed by atoms with Crippen LogP contribution in [0.4, 0.5) is 13.2 Å². The van der Waals surface area contributed by atoms with Gasteiger partial charge in [0.05, 0.1) is 5.56 Å². The Bertz CT molecular complexity index is 432. The van der Waals surface area contributed by atoms with Gasteiger partial charge in [-0.1, -0.05) is 25.1 Å². The molecule has 3 nitrogen and oxygen atoms in total. The summed E-state index contributed by atoms with van der Waals surface area (Å²) in [7, 11) is 0. The number of rotatable bonds is 5. The normalized spacial score (nSPS) is 13.1. The highest BCUT2D eigenvalue weighted by molar-refractivity contribution is 5.78. The Kier molecular flexibility index (Phi) is 5.35. The molecule has 0 spiro atoms. The summed E-state index contributed by atoms with van der Waals surface area (Å²) in [6.07, 6.45) is -3.91. The minimum absolute atomic E-state index is 0.0586. The van der Waals surface area contributed by atoms with Crippen molar-refractivity contribution in [1.29, 1.82) is 0 Å². The highest BCUT2D eigenvalue weighted by Gasteiger charge is 2.32. The molecule has 1 aromatic rings. The number of hydrogen-bond acceptors (Lipinski definition) is 2. The molecule has 0 bridgehead atoms. The lowest BCUT2D eigenvalue weighted by Gasteiger charge is -2.15. The van der Waals surface area contributed by atoms with Crippen LogP contribution in [0.15, 0.2) is 24.3 Å². The number of halogens is 3. The molecule has 0 aliphatic rings. The Labute approximate surface area is 110 Å². The second kappa shape index (κ2) is 6.56. The van der Waals surface area contributed by atoms with Crippen LogP contribution >= 0.6 is 0 Å². The Balaban J connectivity index is 2.71. The van der Waals surface area contributed by atoms with Crippen LogP contribution in [0, 0.1) is 5.92 Å². The highest BCUT2D eigenvalue weighted by Crippen LogP contribution is 2.31. The summed E-state index contributed by atoms with van der Waals surface area (Å²) in [5.41, 5.74) is 4.66. The van der Waals surface area contributed by atoms with Crippen LogP contribution in [-0.4, -0.2) is 12.5 Å². The summed E-state index contributed by atoms with van der Waals surface area (Å²) in [6.45, 7) is 1.93. The van der Waals surface area contributed by atoms with Crippen molar-refractivity contribution in [2.24, 2.45) is 11.7 Å². The maximum Gasteiger partial charge on any atom is 0.416 e. The number of hydrogen-bond donors (Lipinski definition) is 2. The maximum absolute atomic E-state index is 12.7. The van der Waals surface area contributed by atoms with E-state index in [-0.39, 0.29) is 23.9 Å². The number of nitrogens with two attached hydrogens (primary N) is 1. The zero-order valence-electron chi connectivity index (χ0n) is 10.6. The highest BCUT2D eigenvalue weighted by atomic mass is 19.4. The van der Waals surface area contributed by atoms with Gasteiger partial charge in [0.25, 0.3) is 0 Å². The van der Waals surface area contributed by atoms with Gasteiger partial charge >= 0.3 is 6.18 Å². The zero-order chi connectivity index (χ0) is 14.5. The van der Waals surface area contributed by atoms with E-state index in [9.17, 15) is 18.0 Å². The molecule has 0 aliphatic heterocycles. The van der Waals surface area contributed by atoms with Crippen LogP contribution in [0.25, 0.3) is 0 Å². The van der Waals surface area contributed by atoms with Gasteiger partial charge in [-0.05, 0) is 24.6 Å². The molecule has 0 saturated carbocycles. The van der Waals surface area contributed by atoms with E-state index in [1.807, 2.05) is 0 Å². The number of benzene rings is 1. The molecule has 106 valence electrons. The van der Waals surface area contributed by atoms with E-state index in [4.69, 9.17) is 5.73 Å². The summed E-state index contributed by atoms with van der Waals surface area (Å²) in [6, 6.07) is 5.20. The molecular weight excluding hydrogens is 257 g/mol. The molecule has 1 rings (SSSR count). The van der Waals surface area contributed by atoms with E-state index in [1.54, 1.807) is 6.92 Å². The molecule has 19 heavy (non-hydrogen) atoms. The van der Waals surface area contributed by atoms with Crippen LogP contribution < -0.4 is 11.1 Å². The Morgan fingerprint density at radius 1 is 1.37 bits per heavy atom. The smallest absolute Gasteiger partial charge is 0.352 e. The summed E-state index contributed by atoms with van der Waals surface area (Å²) < 4.78 is 38.2. The van der Waals surface area contributed by atoms with Gasteiger partial charge in [0.2, 0.25) is 5.91 Å². The Morgan fingerprint density at radius 2 is 2.00 bits per heavy atom. The average molecular weight is 274 g/mol. The lowest BCUT2D eigenvalue weighted by molar-refractivity contribution is -0.138. The van der Waals surface area contributed by atoms with Gasteiger partial charge < -0.3 is 11.1 Å². The van der Waals surface area contributed by atoms with Crippen LogP contribution in [0.5, 0.6) is 0 Å². The average Bonchev–Trinajstić information content (AvgIpc) is 2.35. The van der Waals surface area contributed by atoms with Crippen LogP contribution in [-0.2, 0) is 17.5 Å². The largest absolute Gasteiger partial charge is 0.416 e. The van der Waals surface area contributed by atoms with Crippen molar-refractivity contribution in [3.63, 3.8) is 0 Å². The SMILES string of the molecule is CC(CCN)C(=O)NCc1ccccc1C(F)(F)F. The van der Waals surface area contributed by atoms with E-state index in [0.717, 1.165) is 6.07 Å². The minimum Gasteiger partial charge on any atom is -0.352 e. The summed E-state index contributed by atoms with van der Waals surface area (Å²) >= 11 is 0. The van der Waals surface area contributed by atoms with Gasteiger partial charge in [0.15, 0.2) is 0 Å². The molecule has 0 aromatic heterocycles. The fraction of sp³-hybridized carbons (Fsp3) is 0.462. The first kappa shape index (κ1) is 15.5. The molecule has 0 saturated heterocycles. The molecule has 1 amide bonds. The van der Waals surface area contributed by atoms with Gasteiger partial charge in [0, 0.05) is 12.5 Å². The quantitative estimate of drug-likeness (QED) is 0.865. The van der Waals surface area contributed by atoms with E-state index in [1.165, 1.54) is 18.2 Å². The fourth-order valence-electron chi connectivity index (χ4n) is 1.69. The molecule has 6 heteroatoms. The number of carbonyl (C=O) groups excluding carboxylic acids is 1. The van der Waals surface area contributed by atoms with E-state index in [0.29, 0.717) is 13.0 Å². The standard InChI is InChI=1S/C13H17F3N2O/c1-9(6-7-17)12(19)18-8-10-4-2-3-5-11(10)13(14,15)16/h2-5,9H,6-8,17H2,1H3,(H,18,19). The third-order valence-electron chi connectivity index (χ3n) is 2.82. The molecule has 1 unspecified atom stereocenters. The van der Waals surface area contributed by atoms with Crippen molar-refractivity contribution in [3.8, 4) is 0 Å². The van der Waals surface area contributed by atoms with Crippen molar-refractivity contribution in [3.05, 3.63) is 35.4 Å². The second-order valence-corrected chi connectivity index (χ2v) is 4.35. The summed E-state index contributed by atoms with van der Waals surface area (Å²) in [5.74, 6) is -0.592. The number of alkyl halides is 3. The van der Waals surface area contributed by atoms with Crippen molar-refractivity contribution in [1.82, 2.24) is 5.32 Å². The first-order chi connectivity index (χ1) is 8.86. The predicted octanol–water partition coefficient (Wildman–Crippen LogP) is 2.31. The zero-order valence-corrected chi connectivity index (χ0v) is 10.6. The Hall–Kier alpha value is -1.56. The van der Waals surface area contributed by atoms with Gasteiger partial charge in [-0.2, -0.15) is 13.2 Å². The van der Waals surface area contributed by atoms with E-state index < -0.39 is 11.7 Å². The molecule has 0 radical (unpaired) electrons. The molecule has 1 aromatic carbocycles. The van der Waals surface area contributed by atoms with Crippen LogP contribution in [0.2, 0.25) is 0 Å². The number of nitrogens with one attached hydrogen (secondary N) is 1. The second-order valence-electron chi connectivity index (χ2n) is 4.35.